The largest absolute Gasteiger partial charge is 0.356 e. The van der Waals surface area contributed by atoms with Crippen LogP contribution in [-0.4, -0.2) is 66.0 Å². The van der Waals surface area contributed by atoms with Crippen LogP contribution in [0.4, 0.5) is 4.39 Å². The Kier molecular flexibility index (Phi) is 7.45. The lowest BCUT2D eigenvalue weighted by atomic mass is 10.1. The number of Topliss-reactive ketones (excluding diaryl/α,β-unsaturated/α-hetero) is 1. The number of nitrogens with one attached hydrogen (secondary N) is 1. The Bertz CT molecular complexity index is 697. The first-order chi connectivity index (χ1) is 12.9. The van der Waals surface area contributed by atoms with Gasteiger partial charge in [0.25, 0.3) is 0 Å². The van der Waals surface area contributed by atoms with Crippen LogP contribution in [0, 0.1) is 5.82 Å². The van der Waals surface area contributed by atoms with Gasteiger partial charge in [0.15, 0.2) is 5.78 Å². The van der Waals surface area contributed by atoms with Crippen molar-refractivity contribution in [1.29, 1.82) is 0 Å². The van der Waals surface area contributed by atoms with Gasteiger partial charge in [-0.3, -0.25) is 19.2 Å². The molecule has 27 heavy (non-hydrogen) atoms. The van der Waals surface area contributed by atoms with Crippen LogP contribution in [0.3, 0.4) is 0 Å². The molecule has 1 saturated heterocycles. The third-order valence-electron chi connectivity index (χ3n) is 4.48. The Labute approximate surface area is 157 Å². The zero-order valence-electron chi connectivity index (χ0n) is 15.4. The maximum atomic E-state index is 12.8. The van der Waals surface area contributed by atoms with Crippen molar-refractivity contribution in [2.24, 2.45) is 0 Å². The minimum atomic E-state index is -0.420. The lowest BCUT2D eigenvalue weighted by Gasteiger charge is -2.34. The fourth-order valence-corrected chi connectivity index (χ4v) is 2.83. The van der Waals surface area contributed by atoms with Crippen molar-refractivity contribution >= 4 is 23.5 Å². The van der Waals surface area contributed by atoms with E-state index in [0.717, 1.165) is 0 Å². The van der Waals surface area contributed by atoms with E-state index in [9.17, 15) is 23.6 Å². The summed E-state index contributed by atoms with van der Waals surface area (Å²) in [4.78, 5) is 50.5. The van der Waals surface area contributed by atoms with E-state index in [4.69, 9.17) is 0 Å². The van der Waals surface area contributed by atoms with Gasteiger partial charge in [-0.25, -0.2) is 4.39 Å². The van der Waals surface area contributed by atoms with Crippen molar-refractivity contribution in [3.63, 3.8) is 0 Å². The summed E-state index contributed by atoms with van der Waals surface area (Å²) < 4.78 is 12.8. The van der Waals surface area contributed by atoms with Crippen molar-refractivity contribution in [3.8, 4) is 0 Å². The molecule has 0 atom stereocenters. The van der Waals surface area contributed by atoms with Crippen LogP contribution in [0.1, 0.15) is 36.5 Å². The average Bonchev–Trinajstić information content (AvgIpc) is 2.66. The van der Waals surface area contributed by atoms with Gasteiger partial charge in [0.05, 0.1) is 0 Å². The van der Waals surface area contributed by atoms with E-state index < -0.39 is 5.82 Å². The Morgan fingerprint density at radius 3 is 2.11 bits per heavy atom. The number of rotatable bonds is 7. The predicted octanol–water partition coefficient (Wildman–Crippen LogP) is 0.986. The maximum Gasteiger partial charge on any atom is 0.224 e. The first kappa shape index (κ1) is 20.5. The predicted molar refractivity (Wildman–Crippen MR) is 96.4 cm³/mol. The summed E-state index contributed by atoms with van der Waals surface area (Å²) in [6.45, 7) is 3.76. The van der Waals surface area contributed by atoms with Crippen LogP contribution in [-0.2, 0) is 14.4 Å². The van der Waals surface area contributed by atoms with Crippen LogP contribution < -0.4 is 5.32 Å². The fourth-order valence-electron chi connectivity index (χ4n) is 2.83. The number of nitrogens with zero attached hydrogens (tertiary/aromatic N) is 2. The van der Waals surface area contributed by atoms with Crippen molar-refractivity contribution in [2.45, 2.75) is 26.2 Å². The van der Waals surface area contributed by atoms with Gasteiger partial charge in [-0.1, -0.05) is 0 Å². The van der Waals surface area contributed by atoms with Crippen LogP contribution in [0.5, 0.6) is 0 Å². The molecule has 1 N–H and O–H groups in total. The van der Waals surface area contributed by atoms with E-state index in [1.54, 1.807) is 9.80 Å². The van der Waals surface area contributed by atoms with Crippen molar-refractivity contribution in [1.82, 2.24) is 15.1 Å². The van der Waals surface area contributed by atoms with Gasteiger partial charge in [0, 0.05) is 64.5 Å². The van der Waals surface area contributed by atoms with Gasteiger partial charge in [0.1, 0.15) is 5.82 Å². The lowest BCUT2D eigenvalue weighted by molar-refractivity contribution is -0.138. The molecule has 0 aliphatic carbocycles. The number of hydrogen-bond donors (Lipinski definition) is 1. The lowest BCUT2D eigenvalue weighted by Crippen LogP contribution is -2.50. The zero-order chi connectivity index (χ0) is 19.8. The van der Waals surface area contributed by atoms with Crippen molar-refractivity contribution in [3.05, 3.63) is 35.6 Å². The molecule has 2 rings (SSSR count). The monoisotopic (exact) mass is 377 g/mol. The van der Waals surface area contributed by atoms with E-state index >= 15 is 0 Å². The highest BCUT2D eigenvalue weighted by molar-refractivity contribution is 5.97. The molecule has 0 aromatic heterocycles. The minimum absolute atomic E-state index is 0.00421. The molecule has 0 unspecified atom stereocenters. The average molecular weight is 377 g/mol. The second-order valence-corrected chi connectivity index (χ2v) is 6.42. The van der Waals surface area contributed by atoms with Crippen molar-refractivity contribution < 1.29 is 23.6 Å². The first-order valence-corrected chi connectivity index (χ1v) is 8.95. The van der Waals surface area contributed by atoms with Gasteiger partial charge < -0.3 is 15.1 Å². The van der Waals surface area contributed by atoms with Gasteiger partial charge in [-0.15, -0.1) is 0 Å². The number of ketones is 1. The molecule has 0 bridgehead atoms. The number of carbonyl (C=O) groups excluding carboxylic acids is 4. The Morgan fingerprint density at radius 1 is 0.926 bits per heavy atom. The molecule has 1 aromatic carbocycles. The first-order valence-electron chi connectivity index (χ1n) is 8.95. The SMILES string of the molecule is CC(=O)N1CCN(C(=O)CCNC(=O)CCC(=O)c2ccc(F)cc2)CC1. The summed E-state index contributed by atoms with van der Waals surface area (Å²) in [6.07, 6.45) is 0.220. The number of carbonyl (C=O) groups is 4. The Hall–Kier alpha value is -2.77. The highest BCUT2D eigenvalue weighted by Crippen LogP contribution is 2.07. The second-order valence-electron chi connectivity index (χ2n) is 6.42. The van der Waals surface area contributed by atoms with E-state index in [1.807, 2.05) is 0 Å². The molecule has 8 heteroatoms. The number of halogens is 1. The quantitative estimate of drug-likeness (QED) is 0.718. The van der Waals surface area contributed by atoms with Crippen LogP contribution >= 0.6 is 0 Å². The van der Waals surface area contributed by atoms with Crippen LogP contribution in [0.2, 0.25) is 0 Å². The molecule has 3 amide bonds. The van der Waals surface area contributed by atoms with Crippen LogP contribution in [0.15, 0.2) is 24.3 Å². The molecule has 1 heterocycles. The van der Waals surface area contributed by atoms with E-state index in [-0.39, 0.29) is 49.3 Å². The molecule has 146 valence electrons. The summed E-state index contributed by atoms with van der Waals surface area (Å²) in [5.74, 6) is -1.02. The molecule has 1 aliphatic rings. The fraction of sp³-hybridized carbons (Fsp3) is 0.474. The maximum absolute atomic E-state index is 12.8. The topological polar surface area (TPSA) is 86.8 Å². The molecule has 1 aromatic rings. The van der Waals surface area contributed by atoms with Crippen molar-refractivity contribution in [2.75, 3.05) is 32.7 Å². The zero-order valence-corrected chi connectivity index (χ0v) is 15.4. The number of hydrogen-bond acceptors (Lipinski definition) is 4. The minimum Gasteiger partial charge on any atom is -0.356 e. The Morgan fingerprint density at radius 2 is 1.52 bits per heavy atom. The van der Waals surface area contributed by atoms with Gasteiger partial charge in [-0.2, -0.15) is 0 Å². The van der Waals surface area contributed by atoms with Crippen LogP contribution in [0.25, 0.3) is 0 Å². The normalized spacial score (nSPS) is 14.0. The molecule has 1 fully saturated rings. The summed E-state index contributed by atoms with van der Waals surface area (Å²) in [7, 11) is 0. The third-order valence-corrected chi connectivity index (χ3v) is 4.48. The van der Waals surface area contributed by atoms with Gasteiger partial charge >= 0.3 is 0 Å². The smallest absolute Gasteiger partial charge is 0.224 e. The molecular formula is C19H24FN3O4. The number of amides is 3. The van der Waals surface area contributed by atoms with E-state index in [0.29, 0.717) is 31.7 Å². The molecule has 0 saturated carbocycles. The summed E-state index contributed by atoms with van der Waals surface area (Å²) in [5.41, 5.74) is 0.365. The number of benzene rings is 1. The summed E-state index contributed by atoms with van der Waals surface area (Å²) in [5, 5.41) is 2.63. The highest BCUT2D eigenvalue weighted by atomic mass is 19.1. The molecule has 0 spiro atoms. The number of piperazine rings is 1. The molecule has 0 radical (unpaired) electrons. The molecule has 1 aliphatic heterocycles. The van der Waals surface area contributed by atoms with E-state index in [1.165, 1.54) is 31.2 Å². The summed E-state index contributed by atoms with van der Waals surface area (Å²) >= 11 is 0. The summed E-state index contributed by atoms with van der Waals surface area (Å²) in [6, 6.07) is 5.18. The van der Waals surface area contributed by atoms with Gasteiger partial charge in [0.2, 0.25) is 17.7 Å². The molecule has 7 nitrogen and oxygen atoms in total. The highest BCUT2D eigenvalue weighted by Gasteiger charge is 2.22. The Balaban J connectivity index is 1.63. The van der Waals surface area contributed by atoms with Gasteiger partial charge in [-0.05, 0) is 24.3 Å². The standard InChI is InChI=1S/C19H24FN3O4/c1-14(24)22-10-12-23(13-11-22)19(27)8-9-21-18(26)7-6-17(25)15-2-4-16(20)5-3-15/h2-5H,6-13H2,1H3,(H,21,26). The van der Waals surface area contributed by atoms with E-state index in [2.05, 4.69) is 5.32 Å². The second kappa shape index (κ2) is 9.80. The molecular weight excluding hydrogens is 353 g/mol. The third kappa shape index (κ3) is 6.47.